The first kappa shape index (κ1) is 17.4. The van der Waals surface area contributed by atoms with Gasteiger partial charge in [0.15, 0.2) is 0 Å². The summed E-state index contributed by atoms with van der Waals surface area (Å²) in [6.07, 6.45) is -8.28. The molecule has 0 aromatic heterocycles. The Morgan fingerprint density at radius 3 is 2.07 bits per heavy atom. The number of hydrogen-bond donors (Lipinski definition) is 0. The fourth-order valence-electron chi connectivity index (χ4n) is 0.641. The molecule has 0 bridgehead atoms. The van der Waals surface area contributed by atoms with E-state index in [0.717, 1.165) is 12.1 Å². The maximum atomic E-state index is 12.2. The minimum absolute atomic E-state index is 0. The van der Waals surface area contributed by atoms with Crippen molar-refractivity contribution in [1.82, 2.24) is 0 Å². The molecule has 0 aliphatic heterocycles. The Kier molecular flexibility index (Phi) is 8.45. The molecule has 0 atom stereocenters. The third kappa shape index (κ3) is 5.57. The van der Waals surface area contributed by atoms with Crippen LogP contribution in [0.1, 0.15) is 0 Å². The molecule has 1 aromatic carbocycles. The van der Waals surface area contributed by atoms with Crippen molar-refractivity contribution < 1.29 is 39.3 Å². The maximum Gasteiger partial charge on any atom is 2.00 e. The van der Waals surface area contributed by atoms with Gasteiger partial charge in [-0.25, -0.2) is 0 Å². The monoisotopic (exact) mass is 296 g/mol. The van der Waals surface area contributed by atoms with Crippen molar-refractivity contribution in [2.75, 3.05) is 0 Å². The number of rotatable bonds is 3. The molecule has 15 heavy (non-hydrogen) atoms. The van der Waals surface area contributed by atoms with E-state index in [9.17, 15) is 17.6 Å². The Morgan fingerprint density at radius 2 is 1.67 bits per heavy atom. The maximum absolute atomic E-state index is 12.2. The summed E-state index contributed by atoms with van der Waals surface area (Å²) >= 11 is 0. The van der Waals surface area contributed by atoms with Crippen LogP contribution in [0.5, 0.6) is 5.75 Å². The van der Waals surface area contributed by atoms with Gasteiger partial charge in [0, 0.05) is 5.75 Å². The number of alkyl halides is 4. The molecule has 1 aromatic rings. The van der Waals surface area contributed by atoms with Crippen molar-refractivity contribution in [2.45, 2.75) is 12.5 Å². The molecule has 0 N–H and O–H groups in total. The zero-order valence-electron chi connectivity index (χ0n) is 7.39. The van der Waals surface area contributed by atoms with E-state index in [2.05, 4.69) is 10.8 Å². The van der Waals surface area contributed by atoms with Crippen molar-refractivity contribution in [2.24, 2.45) is 0 Å². The third-order valence-corrected chi connectivity index (χ3v) is 1.20. The zero-order chi connectivity index (χ0) is 9.90. The minimum Gasteiger partial charge on any atom is -1.00 e. The summed E-state index contributed by atoms with van der Waals surface area (Å²) in [5, 5.41) is 0. The van der Waals surface area contributed by atoms with Gasteiger partial charge < -0.3 is 21.7 Å². The largest absolute Gasteiger partial charge is 2.00 e. The molecule has 7 heteroatoms. The van der Waals surface area contributed by atoms with Crippen LogP contribution in [0.25, 0.3) is 0 Å². The van der Waals surface area contributed by atoms with Gasteiger partial charge in [0.1, 0.15) is 0 Å². The van der Waals surface area contributed by atoms with Crippen LogP contribution in [0.4, 0.5) is 17.6 Å². The predicted octanol–water partition coefficient (Wildman–Crippen LogP) is -0.653. The second-order valence-corrected chi connectivity index (χ2v) is 2.20. The summed E-state index contributed by atoms with van der Waals surface area (Å²) < 4.78 is 51.5. The molecule has 0 amide bonds. The minimum atomic E-state index is -4.44. The van der Waals surface area contributed by atoms with E-state index >= 15 is 0 Å². The van der Waals surface area contributed by atoms with Crippen LogP contribution in [-0.2, 0) is 0 Å². The molecule has 1 nitrogen and oxygen atoms in total. The zero-order valence-corrected chi connectivity index (χ0v) is 10.4. The molecule has 0 unspecified atom stereocenters. The average molecular weight is 297 g/mol. The van der Waals surface area contributed by atoms with E-state index in [1.807, 2.05) is 0 Å². The standard InChI is InChI=1S/C8H5F4O.BrH.Mg/c9-7(10)8(11,12)13-6-4-2-1-3-5-6;;/h2-5,7H;1H;/q-1;;+2/p-1. The normalized spacial score (nSPS) is 10.2. The van der Waals surface area contributed by atoms with E-state index in [1.54, 1.807) is 0 Å². The number of ether oxygens (including phenoxy) is 1. The molecule has 0 aliphatic rings. The van der Waals surface area contributed by atoms with Gasteiger partial charge in [0.25, 0.3) is 0 Å². The summed E-state index contributed by atoms with van der Waals surface area (Å²) in [5.74, 6) is -0.316. The Bertz CT molecular complexity index is 271. The summed E-state index contributed by atoms with van der Waals surface area (Å²) in [6, 6.07) is 7.36. The van der Waals surface area contributed by atoms with Gasteiger partial charge in [-0.3, -0.25) is 0 Å². The molecular weight excluding hydrogens is 292 g/mol. The summed E-state index contributed by atoms with van der Waals surface area (Å²) in [6.45, 7) is 0. The van der Waals surface area contributed by atoms with Crippen LogP contribution in [0.15, 0.2) is 24.3 Å². The van der Waals surface area contributed by atoms with Gasteiger partial charge >= 0.3 is 35.6 Å². The van der Waals surface area contributed by atoms with Crippen LogP contribution in [-0.4, -0.2) is 35.6 Å². The molecule has 0 radical (unpaired) electrons. The van der Waals surface area contributed by atoms with E-state index in [1.165, 1.54) is 12.1 Å². The Morgan fingerprint density at radius 1 is 1.20 bits per heavy atom. The van der Waals surface area contributed by atoms with Gasteiger partial charge in [-0.15, -0.1) is 12.1 Å². The first-order valence-electron chi connectivity index (χ1n) is 3.33. The first-order valence-corrected chi connectivity index (χ1v) is 3.33. The third-order valence-electron chi connectivity index (χ3n) is 1.20. The molecular formula is C8H5BrF4MgO. The van der Waals surface area contributed by atoms with Crippen LogP contribution in [0.2, 0.25) is 0 Å². The second-order valence-electron chi connectivity index (χ2n) is 2.20. The molecule has 0 saturated heterocycles. The average Bonchev–Trinajstić information content (AvgIpc) is 2.05. The van der Waals surface area contributed by atoms with Gasteiger partial charge in [-0.05, 0) is 0 Å². The SMILES string of the molecule is FC(F)C(F)(F)Oc1cc[c-]cc1.[Br-].[Mg+2]. The van der Waals surface area contributed by atoms with E-state index in [4.69, 9.17) is 0 Å². The fourth-order valence-corrected chi connectivity index (χ4v) is 0.641. The van der Waals surface area contributed by atoms with E-state index < -0.39 is 12.5 Å². The molecule has 0 aliphatic carbocycles. The van der Waals surface area contributed by atoms with Crippen molar-refractivity contribution in [1.29, 1.82) is 0 Å². The first-order chi connectivity index (χ1) is 6.02. The van der Waals surface area contributed by atoms with Crippen molar-refractivity contribution >= 4 is 23.1 Å². The van der Waals surface area contributed by atoms with Crippen molar-refractivity contribution in [3.63, 3.8) is 0 Å². The van der Waals surface area contributed by atoms with E-state index in [-0.39, 0.29) is 45.8 Å². The Hall–Kier alpha value is -0.0138. The fraction of sp³-hybridized carbons (Fsp3) is 0.250. The van der Waals surface area contributed by atoms with Gasteiger partial charge in [-0.2, -0.15) is 35.8 Å². The second kappa shape index (κ2) is 7.29. The summed E-state index contributed by atoms with van der Waals surface area (Å²) in [5.41, 5.74) is 0. The van der Waals surface area contributed by atoms with Crippen LogP contribution in [0, 0.1) is 6.07 Å². The molecule has 80 valence electrons. The van der Waals surface area contributed by atoms with Crippen LogP contribution < -0.4 is 21.7 Å². The molecule has 0 heterocycles. The van der Waals surface area contributed by atoms with Crippen LogP contribution >= 0.6 is 0 Å². The van der Waals surface area contributed by atoms with Crippen molar-refractivity contribution in [3.05, 3.63) is 30.3 Å². The molecule has 1 rings (SSSR count). The smallest absolute Gasteiger partial charge is 1.00 e. The number of hydrogen-bond acceptors (Lipinski definition) is 1. The van der Waals surface area contributed by atoms with Gasteiger partial charge in [0.2, 0.25) is 0 Å². The quantitative estimate of drug-likeness (QED) is 0.409. The number of benzene rings is 1. The summed E-state index contributed by atoms with van der Waals surface area (Å²) in [4.78, 5) is 0. The predicted molar refractivity (Wildman–Crippen MR) is 42.6 cm³/mol. The summed E-state index contributed by atoms with van der Waals surface area (Å²) in [7, 11) is 0. The van der Waals surface area contributed by atoms with Gasteiger partial charge in [0.05, 0.1) is 0 Å². The van der Waals surface area contributed by atoms with Gasteiger partial charge in [-0.1, -0.05) is 0 Å². The van der Waals surface area contributed by atoms with Crippen LogP contribution in [0.3, 0.4) is 0 Å². The van der Waals surface area contributed by atoms with E-state index in [0.29, 0.717) is 0 Å². The Labute approximate surface area is 111 Å². The number of halogens is 5. The molecule has 0 fully saturated rings. The molecule has 0 saturated carbocycles. The Balaban J connectivity index is 0. The topological polar surface area (TPSA) is 9.23 Å². The molecule has 0 spiro atoms. The van der Waals surface area contributed by atoms with Crippen molar-refractivity contribution in [3.8, 4) is 5.75 Å².